The van der Waals surface area contributed by atoms with Crippen molar-refractivity contribution in [1.29, 1.82) is 0 Å². The largest absolute Gasteiger partial charge is 0.340 e. The van der Waals surface area contributed by atoms with Crippen molar-refractivity contribution in [2.24, 2.45) is 0 Å². The molecule has 0 spiro atoms. The van der Waals surface area contributed by atoms with Gasteiger partial charge in [-0.05, 0) is 62.4 Å². The zero-order chi connectivity index (χ0) is 24.5. The number of amides is 1. The van der Waals surface area contributed by atoms with Crippen LogP contribution < -0.4 is 0 Å². The van der Waals surface area contributed by atoms with Gasteiger partial charge in [-0.3, -0.25) is 9.89 Å². The van der Waals surface area contributed by atoms with Crippen LogP contribution in [0.1, 0.15) is 40.3 Å². The predicted molar refractivity (Wildman–Crippen MR) is 125 cm³/mol. The third-order valence-electron chi connectivity index (χ3n) is 6.32. The van der Waals surface area contributed by atoms with Crippen molar-refractivity contribution in [2.75, 3.05) is 13.6 Å². The first-order valence-electron chi connectivity index (χ1n) is 11.5. The molecule has 0 atom stereocenters. The van der Waals surface area contributed by atoms with Crippen molar-refractivity contribution in [1.82, 2.24) is 24.9 Å². The quantitative estimate of drug-likeness (QED) is 0.411. The maximum absolute atomic E-state index is 13.8. The molecule has 2 aromatic carbocycles. The second kappa shape index (κ2) is 9.40. The Bertz CT molecular complexity index is 1390. The Hall–Kier alpha value is -3.88. The number of nitrogens with zero attached hydrogens (tertiary/aromatic N) is 4. The summed E-state index contributed by atoms with van der Waals surface area (Å²) in [6.45, 7) is 0.500. The molecule has 9 heteroatoms. The Kier molecular flexibility index (Phi) is 6.15. The van der Waals surface area contributed by atoms with Crippen molar-refractivity contribution < 1.29 is 18.0 Å². The average Bonchev–Trinajstić information content (AvgIpc) is 3.57. The molecule has 0 bridgehead atoms. The molecular weight excluding hydrogens is 455 g/mol. The van der Waals surface area contributed by atoms with E-state index < -0.39 is 11.6 Å². The fourth-order valence-corrected chi connectivity index (χ4v) is 4.51. The SMILES string of the molecule is CN(CCCc1cc(-c2cccc(F)c2)n[nH]1)C(=O)c1nn(-c2ccc(F)c(F)c2)c2c1CCC2. The summed E-state index contributed by atoms with van der Waals surface area (Å²) < 4.78 is 42.2. The van der Waals surface area contributed by atoms with E-state index in [2.05, 4.69) is 15.3 Å². The highest BCUT2D eigenvalue weighted by atomic mass is 19.2. The van der Waals surface area contributed by atoms with E-state index in [-0.39, 0.29) is 11.7 Å². The molecule has 2 heterocycles. The lowest BCUT2D eigenvalue weighted by atomic mass is 10.1. The van der Waals surface area contributed by atoms with Crippen molar-refractivity contribution in [3.05, 3.63) is 88.6 Å². The molecule has 5 rings (SSSR count). The van der Waals surface area contributed by atoms with E-state index in [9.17, 15) is 18.0 Å². The summed E-state index contributed by atoms with van der Waals surface area (Å²) in [7, 11) is 1.73. The van der Waals surface area contributed by atoms with Gasteiger partial charge in [-0.25, -0.2) is 17.9 Å². The number of rotatable bonds is 7. The zero-order valence-corrected chi connectivity index (χ0v) is 19.2. The minimum Gasteiger partial charge on any atom is -0.340 e. The number of carbonyl (C=O) groups is 1. The van der Waals surface area contributed by atoms with Crippen LogP contribution in [0.25, 0.3) is 16.9 Å². The molecule has 0 aliphatic heterocycles. The number of fused-ring (bicyclic) bond motifs is 1. The molecule has 4 aromatic rings. The normalized spacial score (nSPS) is 12.7. The Morgan fingerprint density at radius 3 is 2.74 bits per heavy atom. The lowest BCUT2D eigenvalue weighted by Gasteiger charge is -2.16. The number of H-pyrrole nitrogens is 1. The molecule has 1 amide bonds. The summed E-state index contributed by atoms with van der Waals surface area (Å²) in [6, 6.07) is 11.8. The van der Waals surface area contributed by atoms with Crippen LogP contribution in [0, 0.1) is 17.5 Å². The van der Waals surface area contributed by atoms with E-state index >= 15 is 0 Å². The van der Waals surface area contributed by atoms with Gasteiger partial charge in [0.1, 0.15) is 5.82 Å². The molecule has 6 nitrogen and oxygen atoms in total. The molecule has 0 fully saturated rings. The Morgan fingerprint density at radius 2 is 1.94 bits per heavy atom. The lowest BCUT2D eigenvalue weighted by molar-refractivity contribution is 0.0786. The molecule has 0 radical (unpaired) electrons. The summed E-state index contributed by atoms with van der Waals surface area (Å²) in [5, 5.41) is 11.7. The molecular formula is C26H24F3N5O. The summed E-state index contributed by atoms with van der Waals surface area (Å²) in [4.78, 5) is 14.8. The summed E-state index contributed by atoms with van der Waals surface area (Å²) in [6.07, 6.45) is 3.70. The minimum atomic E-state index is -0.950. The molecule has 0 saturated heterocycles. The highest BCUT2D eigenvalue weighted by Gasteiger charge is 2.28. The summed E-state index contributed by atoms with van der Waals surface area (Å²) in [5.41, 5.74) is 4.77. The van der Waals surface area contributed by atoms with Gasteiger partial charge in [0.2, 0.25) is 0 Å². The minimum absolute atomic E-state index is 0.199. The summed E-state index contributed by atoms with van der Waals surface area (Å²) >= 11 is 0. The Labute approximate surface area is 200 Å². The predicted octanol–water partition coefficient (Wildman–Crippen LogP) is 4.87. The van der Waals surface area contributed by atoms with Gasteiger partial charge < -0.3 is 4.90 Å². The van der Waals surface area contributed by atoms with Gasteiger partial charge in [-0.2, -0.15) is 10.2 Å². The van der Waals surface area contributed by atoms with E-state index in [1.807, 2.05) is 6.07 Å². The second-order valence-electron chi connectivity index (χ2n) is 8.76. The van der Waals surface area contributed by atoms with Gasteiger partial charge in [-0.1, -0.05) is 12.1 Å². The molecule has 0 saturated carbocycles. The van der Waals surface area contributed by atoms with Gasteiger partial charge in [0.25, 0.3) is 5.91 Å². The molecule has 1 N–H and O–H groups in total. The van der Waals surface area contributed by atoms with Crippen LogP contribution in [0.4, 0.5) is 13.2 Å². The number of hydrogen-bond donors (Lipinski definition) is 1. The lowest BCUT2D eigenvalue weighted by Crippen LogP contribution is -2.29. The molecule has 1 aliphatic carbocycles. The second-order valence-corrected chi connectivity index (χ2v) is 8.76. The Morgan fingerprint density at radius 1 is 1.09 bits per heavy atom. The monoisotopic (exact) mass is 479 g/mol. The highest BCUT2D eigenvalue weighted by Crippen LogP contribution is 2.29. The fourth-order valence-electron chi connectivity index (χ4n) is 4.51. The van der Waals surface area contributed by atoms with Crippen LogP contribution in [0.3, 0.4) is 0 Å². The standard InChI is InChI=1S/C26H24F3N5O/c1-33(12-4-7-18-14-23(31-30-18)16-5-2-6-17(27)13-16)26(35)25-20-8-3-9-24(20)34(32-25)19-10-11-21(28)22(29)15-19/h2,5-6,10-11,13-15H,3-4,7-9,12H2,1H3,(H,30,31). The number of hydrogen-bond acceptors (Lipinski definition) is 3. The van der Waals surface area contributed by atoms with Crippen LogP contribution in [0.5, 0.6) is 0 Å². The first kappa shape index (κ1) is 22.9. The number of aromatic amines is 1. The van der Waals surface area contributed by atoms with Crippen molar-refractivity contribution in [2.45, 2.75) is 32.1 Å². The molecule has 1 aliphatic rings. The smallest absolute Gasteiger partial charge is 0.274 e. The maximum atomic E-state index is 13.8. The van der Waals surface area contributed by atoms with Crippen LogP contribution in [0.2, 0.25) is 0 Å². The van der Waals surface area contributed by atoms with E-state index in [0.29, 0.717) is 42.0 Å². The number of benzene rings is 2. The first-order chi connectivity index (χ1) is 16.9. The van der Waals surface area contributed by atoms with Crippen molar-refractivity contribution in [3.63, 3.8) is 0 Å². The molecule has 180 valence electrons. The summed E-state index contributed by atoms with van der Waals surface area (Å²) in [5.74, 6) is -2.39. The number of aryl methyl sites for hydroxylation is 1. The van der Waals surface area contributed by atoms with Gasteiger partial charge in [0, 0.05) is 42.2 Å². The van der Waals surface area contributed by atoms with Crippen LogP contribution in [-0.4, -0.2) is 44.4 Å². The van der Waals surface area contributed by atoms with Gasteiger partial charge in [-0.15, -0.1) is 0 Å². The van der Waals surface area contributed by atoms with Gasteiger partial charge in [0.05, 0.1) is 11.4 Å². The third-order valence-corrected chi connectivity index (χ3v) is 6.32. The van der Waals surface area contributed by atoms with Gasteiger partial charge >= 0.3 is 0 Å². The van der Waals surface area contributed by atoms with Crippen LogP contribution >= 0.6 is 0 Å². The van der Waals surface area contributed by atoms with Gasteiger partial charge in [0.15, 0.2) is 17.3 Å². The topological polar surface area (TPSA) is 66.8 Å². The van der Waals surface area contributed by atoms with E-state index in [4.69, 9.17) is 0 Å². The van der Waals surface area contributed by atoms with Crippen molar-refractivity contribution >= 4 is 5.91 Å². The molecule has 2 aromatic heterocycles. The molecule has 0 unspecified atom stereocenters. The van der Waals surface area contributed by atoms with E-state index in [0.717, 1.165) is 48.3 Å². The van der Waals surface area contributed by atoms with E-state index in [1.54, 1.807) is 28.8 Å². The number of aromatic nitrogens is 4. The molecule has 35 heavy (non-hydrogen) atoms. The number of halogens is 3. The first-order valence-corrected chi connectivity index (χ1v) is 11.5. The maximum Gasteiger partial charge on any atom is 0.274 e. The fraction of sp³-hybridized carbons (Fsp3) is 0.269. The average molecular weight is 480 g/mol. The van der Waals surface area contributed by atoms with Crippen LogP contribution in [0.15, 0.2) is 48.5 Å². The third kappa shape index (κ3) is 4.58. The van der Waals surface area contributed by atoms with E-state index in [1.165, 1.54) is 18.2 Å². The number of carbonyl (C=O) groups excluding carboxylic acids is 1. The highest BCUT2D eigenvalue weighted by molar-refractivity contribution is 5.94. The number of nitrogens with one attached hydrogen (secondary N) is 1. The van der Waals surface area contributed by atoms with Crippen LogP contribution in [-0.2, 0) is 19.3 Å². The Balaban J connectivity index is 1.25. The van der Waals surface area contributed by atoms with Crippen molar-refractivity contribution in [3.8, 4) is 16.9 Å². The zero-order valence-electron chi connectivity index (χ0n) is 19.2.